The molecule has 0 aliphatic carbocycles. The van der Waals surface area contributed by atoms with E-state index >= 15 is 0 Å². The van der Waals surface area contributed by atoms with E-state index in [-0.39, 0.29) is 17.0 Å². The van der Waals surface area contributed by atoms with E-state index in [1.807, 2.05) is 18.2 Å². The summed E-state index contributed by atoms with van der Waals surface area (Å²) < 4.78 is 10.7. The molecule has 3 rings (SSSR count). The quantitative estimate of drug-likeness (QED) is 0.482. The van der Waals surface area contributed by atoms with Crippen LogP contribution in [0.4, 0.5) is 11.4 Å². The number of carbonyl (C=O) groups excluding carboxylic acids is 1. The van der Waals surface area contributed by atoms with Gasteiger partial charge in [-0.3, -0.25) is 14.9 Å². The molecule has 160 valence electrons. The molecule has 0 spiro atoms. The van der Waals surface area contributed by atoms with Gasteiger partial charge in [-0.05, 0) is 31.4 Å². The Bertz CT molecular complexity index is 925. The molecule has 0 unspecified atom stereocenters. The zero-order valence-electron chi connectivity index (χ0n) is 17.6. The first kappa shape index (κ1) is 21.4. The Balaban J connectivity index is 1.91. The highest BCUT2D eigenvalue weighted by atomic mass is 16.6. The number of hydrogen-bond acceptors (Lipinski definition) is 6. The molecule has 8 nitrogen and oxygen atoms in total. The normalized spacial score (nSPS) is 13.2. The van der Waals surface area contributed by atoms with Crippen molar-refractivity contribution >= 4 is 17.3 Å². The Morgan fingerprint density at radius 3 is 2.53 bits per heavy atom. The van der Waals surface area contributed by atoms with Gasteiger partial charge in [-0.15, -0.1) is 0 Å². The Kier molecular flexibility index (Phi) is 6.76. The number of nitro benzene ring substituents is 1. The first-order valence-corrected chi connectivity index (χ1v) is 10.0. The fourth-order valence-corrected chi connectivity index (χ4v) is 3.74. The number of anilines is 1. The summed E-state index contributed by atoms with van der Waals surface area (Å²) in [5.41, 5.74) is 1.79. The molecule has 1 aliphatic heterocycles. The van der Waals surface area contributed by atoms with Gasteiger partial charge in [0, 0.05) is 38.4 Å². The molecule has 0 radical (unpaired) electrons. The monoisotopic (exact) mass is 413 g/mol. The van der Waals surface area contributed by atoms with E-state index in [9.17, 15) is 14.9 Å². The van der Waals surface area contributed by atoms with Gasteiger partial charge in [-0.2, -0.15) is 0 Å². The van der Waals surface area contributed by atoms with Crippen molar-refractivity contribution in [1.29, 1.82) is 0 Å². The lowest BCUT2D eigenvalue weighted by atomic mass is 10.1. The van der Waals surface area contributed by atoms with Gasteiger partial charge in [-0.1, -0.05) is 18.2 Å². The van der Waals surface area contributed by atoms with Crippen molar-refractivity contribution in [2.75, 3.05) is 38.8 Å². The van der Waals surface area contributed by atoms with E-state index in [0.717, 1.165) is 37.2 Å². The van der Waals surface area contributed by atoms with Crippen LogP contribution in [0.5, 0.6) is 11.5 Å². The molecular weight excluding hydrogens is 386 g/mol. The predicted molar refractivity (Wildman–Crippen MR) is 115 cm³/mol. The number of benzene rings is 2. The number of nitro groups is 1. The third-order valence-corrected chi connectivity index (χ3v) is 5.20. The third kappa shape index (κ3) is 4.48. The van der Waals surface area contributed by atoms with Gasteiger partial charge < -0.3 is 19.3 Å². The van der Waals surface area contributed by atoms with Crippen LogP contribution in [0.15, 0.2) is 36.4 Å². The van der Waals surface area contributed by atoms with Gasteiger partial charge in [0.25, 0.3) is 11.6 Å². The molecule has 1 saturated heterocycles. The SMILES string of the molecule is CCOc1cc(C(=O)N(C)Cc2ccccc2N2CCCC2)c([N+](=O)[O-])cc1OC. The van der Waals surface area contributed by atoms with Crippen LogP contribution in [0.25, 0.3) is 0 Å². The van der Waals surface area contributed by atoms with E-state index < -0.39 is 10.8 Å². The van der Waals surface area contributed by atoms with Crippen molar-refractivity contribution < 1.29 is 19.2 Å². The van der Waals surface area contributed by atoms with Crippen molar-refractivity contribution in [3.63, 3.8) is 0 Å². The molecule has 1 aliphatic rings. The Hall–Kier alpha value is -3.29. The summed E-state index contributed by atoms with van der Waals surface area (Å²) in [6.45, 7) is 4.48. The van der Waals surface area contributed by atoms with Gasteiger partial charge in [-0.25, -0.2) is 0 Å². The number of rotatable bonds is 8. The first-order chi connectivity index (χ1) is 14.5. The van der Waals surface area contributed by atoms with Crippen LogP contribution in [-0.2, 0) is 6.54 Å². The van der Waals surface area contributed by atoms with Gasteiger partial charge >= 0.3 is 0 Å². The fourth-order valence-electron chi connectivity index (χ4n) is 3.74. The summed E-state index contributed by atoms with van der Waals surface area (Å²) in [5.74, 6) is 0.0866. The lowest BCUT2D eigenvalue weighted by Crippen LogP contribution is -2.28. The van der Waals surface area contributed by atoms with Crippen molar-refractivity contribution in [1.82, 2.24) is 4.90 Å². The Morgan fingerprint density at radius 1 is 1.20 bits per heavy atom. The predicted octanol–water partition coefficient (Wildman–Crippen LogP) is 3.87. The molecule has 1 fully saturated rings. The van der Waals surface area contributed by atoms with Gasteiger partial charge in [0.05, 0.1) is 24.7 Å². The molecule has 2 aromatic carbocycles. The molecule has 0 atom stereocenters. The first-order valence-electron chi connectivity index (χ1n) is 10.0. The number of methoxy groups -OCH3 is 1. The van der Waals surface area contributed by atoms with Crippen molar-refractivity contribution in [2.45, 2.75) is 26.3 Å². The number of hydrogen-bond donors (Lipinski definition) is 0. The van der Waals surface area contributed by atoms with E-state index in [4.69, 9.17) is 9.47 Å². The van der Waals surface area contributed by atoms with Crippen molar-refractivity contribution in [3.05, 3.63) is 57.6 Å². The molecular formula is C22H27N3O5. The highest BCUT2D eigenvalue weighted by molar-refractivity contribution is 5.99. The summed E-state index contributed by atoms with van der Waals surface area (Å²) in [5, 5.41) is 11.6. The second-order valence-corrected chi connectivity index (χ2v) is 7.19. The minimum absolute atomic E-state index is 0.0228. The maximum atomic E-state index is 13.2. The number of nitrogens with zero attached hydrogens (tertiary/aromatic N) is 3. The van der Waals surface area contributed by atoms with Crippen LogP contribution in [0.1, 0.15) is 35.7 Å². The topological polar surface area (TPSA) is 85.2 Å². The highest BCUT2D eigenvalue weighted by Gasteiger charge is 2.27. The molecule has 0 N–H and O–H groups in total. The van der Waals surface area contributed by atoms with Crippen LogP contribution in [0.3, 0.4) is 0 Å². The Morgan fingerprint density at radius 2 is 1.90 bits per heavy atom. The lowest BCUT2D eigenvalue weighted by molar-refractivity contribution is -0.385. The van der Waals surface area contributed by atoms with Crippen LogP contribution in [0, 0.1) is 10.1 Å². The molecule has 8 heteroatoms. The molecule has 2 aromatic rings. The zero-order valence-corrected chi connectivity index (χ0v) is 17.6. The maximum absolute atomic E-state index is 13.2. The van der Waals surface area contributed by atoms with Gasteiger partial charge in [0.2, 0.25) is 0 Å². The average Bonchev–Trinajstić information content (AvgIpc) is 3.28. The molecule has 0 bridgehead atoms. The smallest absolute Gasteiger partial charge is 0.286 e. The summed E-state index contributed by atoms with van der Waals surface area (Å²) >= 11 is 0. The maximum Gasteiger partial charge on any atom is 0.286 e. The average molecular weight is 413 g/mol. The standard InChI is InChI=1S/C22H27N3O5/c1-4-30-21-13-17(19(25(27)28)14-20(21)29-3)22(26)23(2)15-16-9-5-6-10-18(16)24-11-7-8-12-24/h5-6,9-10,13-14H,4,7-8,11-12,15H2,1-3H3. The lowest BCUT2D eigenvalue weighted by Gasteiger charge is -2.24. The summed E-state index contributed by atoms with van der Waals surface area (Å²) in [6, 6.07) is 10.6. The van der Waals surface area contributed by atoms with Gasteiger partial charge in [0.1, 0.15) is 5.56 Å². The molecule has 1 amide bonds. The second kappa shape index (κ2) is 9.47. The van der Waals surface area contributed by atoms with E-state index in [1.165, 1.54) is 24.1 Å². The minimum Gasteiger partial charge on any atom is -0.493 e. The third-order valence-electron chi connectivity index (χ3n) is 5.20. The fraction of sp³-hybridized carbons (Fsp3) is 0.409. The zero-order chi connectivity index (χ0) is 21.7. The van der Waals surface area contributed by atoms with Crippen molar-refractivity contribution in [2.24, 2.45) is 0 Å². The summed E-state index contributed by atoms with van der Waals surface area (Å²) in [6.07, 6.45) is 2.31. The highest BCUT2D eigenvalue weighted by Crippen LogP contribution is 2.35. The van der Waals surface area contributed by atoms with Crippen LogP contribution in [-0.4, -0.2) is 49.6 Å². The summed E-state index contributed by atoms with van der Waals surface area (Å²) in [4.78, 5) is 28.0. The van der Waals surface area contributed by atoms with E-state index in [2.05, 4.69) is 11.0 Å². The largest absolute Gasteiger partial charge is 0.493 e. The molecule has 0 aromatic heterocycles. The minimum atomic E-state index is -0.572. The van der Waals surface area contributed by atoms with Gasteiger partial charge in [0.15, 0.2) is 11.5 Å². The number of carbonyl (C=O) groups is 1. The molecule has 30 heavy (non-hydrogen) atoms. The van der Waals surface area contributed by atoms with Crippen molar-refractivity contribution in [3.8, 4) is 11.5 Å². The Labute approximate surface area is 176 Å². The van der Waals surface area contributed by atoms with E-state index in [0.29, 0.717) is 18.9 Å². The molecule has 1 heterocycles. The number of amides is 1. The van der Waals surface area contributed by atoms with E-state index in [1.54, 1.807) is 14.0 Å². The number of para-hydroxylation sites is 1. The second-order valence-electron chi connectivity index (χ2n) is 7.19. The number of ether oxygens (including phenoxy) is 2. The van der Waals surface area contributed by atoms with Crippen LogP contribution in [0.2, 0.25) is 0 Å². The molecule has 0 saturated carbocycles. The summed E-state index contributed by atoms with van der Waals surface area (Å²) in [7, 11) is 3.06. The van der Waals surface area contributed by atoms with Crippen LogP contribution >= 0.6 is 0 Å². The van der Waals surface area contributed by atoms with Crippen LogP contribution < -0.4 is 14.4 Å².